The molecule has 0 amide bonds. The Balaban J connectivity index is 2.03. The normalized spacial score (nSPS) is 11.3. The van der Waals surface area contributed by atoms with E-state index in [-0.39, 0.29) is 0 Å². The molecule has 0 atom stereocenters. The molecule has 98 valence electrons. The molecule has 5 heteroatoms. The van der Waals surface area contributed by atoms with Crippen LogP contribution in [-0.2, 0) is 11.3 Å². The highest BCUT2D eigenvalue weighted by molar-refractivity contribution is 7.09. The molecule has 1 heterocycles. The predicted octanol–water partition coefficient (Wildman–Crippen LogP) is 1.51. The van der Waals surface area contributed by atoms with E-state index in [2.05, 4.69) is 27.6 Å². The molecule has 0 saturated heterocycles. The van der Waals surface area contributed by atoms with Crippen LogP contribution in [-0.4, -0.2) is 50.3 Å². The van der Waals surface area contributed by atoms with Crippen molar-refractivity contribution in [3.05, 3.63) is 16.1 Å². The number of aromatic nitrogens is 1. The maximum absolute atomic E-state index is 4.99. The Labute approximate surface area is 108 Å². The Hall–Kier alpha value is -0.490. The zero-order valence-corrected chi connectivity index (χ0v) is 11.8. The summed E-state index contributed by atoms with van der Waals surface area (Å²) in [6.07, 6.45) is 1.07. The van der Waals surface area contributed by atoms with Gasteiger partial charge >= 0.3 is 0 Å². The number of aryl methyl sites for hydroxylation is 1. The summed E-state index contributed by atoms with van der Waals surface area (Å²) in [7, 11) is 3.87. The zero-order valence-electron chi connectivity index (χ0n) is 11.0. The molecule has 0 radical (unpaired) electrons. The van der Waals surface area contributed by atoms with Crippen molar-refractivity contribution in [1.29, 1.82) is 0 Å². The van der Waals surface area contributed by atoms with E-state index in [1.807, 2.05) is 6.92 Å². The Bertz CT molecular complexity index is 304. The van der Waals surface area contributed by atoms with Crippen molar-refractivity contribution >= 4 is 11.3 Å². The molecule has 0 aromatic carbocycles. The summed E-state index contributed by atoms with van der Waals surface area (Å²) in [5, 5.41) is 6.68. The highest BCUT2D eigenvalue weighted by Gasteiger charge is 2.02. The lowest BCUT2D eigenvalue weighted by atomic mass is 10.4. The first-order valence-electron chi connectivity index (χ1n) is 6.01. The van der Waals surface area contributed by atoms with E-state index in [9.17, 15) is 0 Å². The van der Waals surface area contributed by atoms with Gasteiger partial charge in [0.1, 0.15) is 0 Å². The monoisotopic (exact) mass is 257 g/mol. The van der Waals surface area contributed by atoms with Crippen molar-refractivity contribution < 1.29 is 4.74 Å². The zero-order chi connectivity index (χ0) is 12.5. The van der Waals surface area contributed by atoms with Gasteiger partial charge in [-0.1, -0.05) is 0 Å². The van der Waals surface area contributed by atoms with Gasteiger partial charge in [-0.2, -0.15) is 0 Å². The van der Waals surface area contributed by atoms with E-state index in [0.717, 1.165) is 44.2 Å². The number of nitrogens with one attached hydrogen (secondary N) is 1. The number of rotatable bonds is 9. The first kappa shape index (κ1) is 14.6. The van der Waals surface area contributed by atoms with Crippen molar-refractivity contribution in [3.8, 4) is 0 Å². The number of ether oxygens (including phenoxy) is 1. The molecule has 0 spiro atoms. The number of hydrogen-bond acceptors (Lipinski definition) is 5. The molecule has 0 bridgehead atoms. The Morgan fingerprint density at radius 3 is 2.94 bits per heavy atom. The summed E-state index contributed by atoms with van der Waals surface area (Å²) in [5.74, 6) is 0. The van der Waals surface area contributed by atoms with Crippen LogP contribution in [0.1, 0.15) is 17.1 Å². The third kappa shape index (κ3) is 6.73. The quantitative estimate of drug-likeness (QED) is 0.681. The van der Waals surface area contributed by atoms with Crippen molar-refractivity contribution in [2.75, 3.05) is 40.4 Å². The minimum atomic E-state index is 0.834. The molecule has 0 unspecified atom stereocenters. The molecule has 1 aromatic rings. The highest BCUT2D eigenvalue weighted by Crippen LogP contribution is 2.09. The predicted molar refractivity (Wildman–Crippen MR) is 72.5 cm³/mol. The van der Waals surface area contributed by atoms with Crippen LogP contribution in [0.2, 0.25) is 0 Å². The molecule has 0 aliphatic heterocycles. The summed E-state index contributed by atoms with van der Waals surface area (Å²) in [6.45, 7) is 6.90. The van der Waals surface area contributed by atoms with E-state index in [4.69, 9.17) is 4.74 Å². The second-order valence-corrected chi connectivity index (χ2v) is 5.25. The molecular weight excluding hydrogens is 234 g/mol. The van der Waals surface area contributed by atoms with E-state index in [0.29, 0.717) is 0 Å². The minimum absolute atomic E-state index is 0.834. The van der Waals surface area contributed by atoms with Gasteiger partial charge in [-0.3, -0.25) is 4.90 Å². The lowest BCUT2D eigenvalue weighted by molar-refractivity contribution is 0.194. The molecule has 1 N–H and O–H groups in total. The number of methoxy groups -OCH3 is 1. The summed E-state index contributed by atoms with van der Waals surface area (Å²) in [5.41, 5.74) is 1.18. The fourth-order valence-corrected chi connectivity index (χ4v) is 2.18. The van der Waals surface area contributed by atoms with E-state index < -0.39 is 0 Å². The van der Waals surface area contributed by atoms with Crippen LogP contribution in [0, 0.1) is 6.92 Å². The van der Waals surface area contributed by atoms with Gasteiger partial charge in [0.25, 0.3) is 0 Å². The first-order chi connectivity index (χ1) is 8.22. The van der Waals surface area contributed by atoms with Gasteiger partial charge < -0.3 is 10.1 Å². The highest BCUT2D eigenvalue weighted by atomic mass is 32.1. The maximum atomic E-state index is 4.99. The average molecular weight is 257 g/mol. The second kappa shape index (κ2) is 8.58. The molecule has 0 aliphatic carbocycles. The minimum Gasteiger partial charge on any atom is -0.385 e. The van der Waals surface area contributed by atoms with Crippen LogP contribution in [0.4, 0.5) is 0 Å². The summed E-state index contributed by atoms with van der Waals surface area (Å²) < 4.78 is 4.99. The van der Waals surface area contributed by atoms with Crippen LogP contribution in [0.3, 0.4) is 0 Å². The van der Waals surface area contributed by atoms with E-state index in [1.165, 1.54) is 5.69 Å². The third-order valence-electron chi connectivity index (χ3n) is 2.47. The maximum Gasteiger partial charge on any atom is 0.0897 e. The van der Waals surface area contributed by atoms with Gasteiger partial charge in [0.05, 0.1) is 10.7 Å². The van der Waals surface area contributed by atoms with E-state index in [1.54, 1.807) is 18.4 Å². The number of hydrogen-bond donors (Lipinski definition) is 1. The topological polar surface area (TPSA) is 37.4 Å². The average Bonchev–Trinajstić information content (AvgIpc) is 2.69. The van der Waals surface area contributed by atoms with Crippen molar-refractivity contribution in [2.45, 2.75) is 19.9 Å². The SMILES string of the molecule is COCCCNCCN(C)Cc1csc(C)n1. The largest absolute Gasteiger partial charge is 0.385 e. The first-order valence-corrected chi connectivity index (χ1v) is 6.89. The standard InChI is InChI=1S/C12H23N3OS/c1-11-14-12(10-17-11)9-15(2)7-6-13-5-4-8-16-3/h10,13H,4-9H2,1-3H3. The fourth-order valence-electron chi connectivity index (χ4n) is 1.57. The Morgan fingerprint density at radius 2 is 2.29 bits per heavy atom. The van der Waals surface area contributed by atoms with Gasteiger partial charge in [-0.25, -0.2) is 4.98 Å². The lowest BCUT2D eigenvalue weighted by Crippen LogP contribution is -2.29. The third-order valence-corrected chi connectivity index (χ3v) is 3.29. The molecule has 0 saturated carbocycles. The molecular formula is C12H23N3OS. The fraction of sp³-hybridized carbons (Fsp3) is 0.750. The lowest BCUT2D eigenvalue weighted by Gasteiger charge is -2.15. The summed E-state index contributed by atoms with van der Waals surface area (Å²) in [6, 6.07) is 0. The summed E-state index contributed by atoms with van der Waals surface area (Å²) in [4.78, 5) is 6.75. The van der Waals surface area contributed by atoms with Crippen LogP contribution < -0.4 is 5.32 Å². The molecule has 0 aliphatic rings. The van der Waals surface area contributed by atoms with Gasteiger partial charge in [0.15, 0.2) is 0 Å². The molecule has 1 rings (SSSR count). The second-order valence-electron chi connectivity index (χ2n) is 4.19. The molecule has 1 aromatic heterocycles. The molecule has 0 fully saturated rings. The van der Waals surface area contributed by atoms with E-state index >= 15 is 0 Å². The summed E-state index contributed by atoms with van der Waals surface area (Å²) >= 11 is 1.72. The van der Waals surface area contributed by atoms with Crippen LogP contribution in [0.15, 0.2) is 5.38 Å². The van der Waals surface area contributed by atoms with Crippen LogP contribution in [0.5, 0.6) is 0 Å². The Kier molecular flexibility index (Phi) is 7.35. The Morgan fingerprint density at radius 1 is 1.47 bits per heavy atom. The number of likely N-dealkylation sites (N-methyl/N-ethyl adjacent to an activating group) is 1. The molecule has 17 heavy (non-hydrogen) atoms. The molecule has 4 nitrogen and oxygen atoms in total. The van der Waals surface area contributed by atoms with Gasteiger partial charge in [-0.15, -0.1) is 11.3 Å². The van der Waals surface area contributed by atoms with Gasteiger partial charge in [0, 0.05) is 38.7 Å². The van der Waals surface area contributed by atoms with Crippen molar-refractivity contribution in [1.82, 2.24) is 15.2 Å². The van der Waals surface area contributed by atoms with Crippen LogP contribution >= 0.6 is 11.3 Å². The van der Waals surface area contributed by atoms with Crippen molar-refractivity contribution in [3.63, 3.8) is 0 Å². The number of thiazole rings is 1. The van der Waals surface area contributed by atoms with Crippen molar-refractivity contribution in [2.24, 2.45) is 0 Å². The smallest absolute Gasteiger partial charge is 0.0897 e. The van der Waals surface area contributed by atoms with Crippen LogP contribution in [0.25, 0.3) is 0 Å². The van der Waals surface area contributed by atoms with Gasteiger partial charge in [0.2, 0.25) is 0 Å². The number of nitrogens with zero attached hydrogens (tertiary/aromatic N) is 2. The van der Waals surface area contributed by atoms with Gasteiger partial charge in [-0.05, 0) is 26.9 Å².